The van der Waals surface area contributed by atoms with Crippen molar-refractivity contribution < 1.29 is 19.1 Å². The van der Waals surface area contributed by atoms with Gasteiger partial charge in [0.25, 0.3) is 5.91 Å². The molecule has 0 aliphatic rings. The number of hydrogen-bond donors (Lipinski definition) is 1. The Morgan fingerprint density at radius 2 is 1.80 bits per heavy atom. The van der Waals surface area contributed by atoms with Crippen LogP contribution in [-0.4, -0.2) is 30.8 Å². The number of nitrogens with one attached hydrogen (secondary N) is 1. The highest BCUT2D eigenvalue weighted by molar-refractivity contribution is 5.92. The molecule has 0 fully saturated rings. The monoisotopic (exact) mass is 277 g/mol. The molecule has 0 saturated carbocycles. The Labute approximate surface area is 118 Å². The SMILES string of the molecule is CC(C)[C@@H](C)NC(=O)COC(=O)c1ccc(C=O)cc1. The Hall–Kier alpha value is -2.17. The van der Waals surface area contributed by atoms with Gasteiger partial charge in [-0.25, -0.2) is 4.79 Å². The standard InChI is InChI=1S/C15H19NO4/c1-10(2)11(3)16-14(18)9-20-15(19)13-6-4-12(8-17)5-7-13/h4-8,10-11H,9H2,1-3H3,(H,16,18)/t11-/m1/s1. The van der Waals surface area contributed by atoms with Crippen LogP contribution in [0.2, 0.25) is 0 Å². The summed E-state index contributed by atoms with van der Waals surface area (Å²) in [5.74, 6) is -0.607. The summed E-state index contributed by atoms with van der Waals surface area (Å²) in [7, 11) is 0. The number of benzene rings is 1. The molecule has 1 atom stereocenters. The van der Waals surface area contributed by atoms with E-state index < -0.39 is 5.97 Å². The minimum absolute atomic E-state index is 0.0214. The zero-order chi connectivity index (χ0) is 15.1. The van der Waals surface area contributed by atoms with Crippen LogP contribution in [0.1, 0.15) is 41.5 Å². The van der Waals surface area contributed by atoms with Gasteiger partial charge in [0.15, 0.2) is 6.61 Å². The molecule has 0 aromatic heterocycles. The van der Waals surface area contributed by atoms with Crippen LogP contribution in [0.5, 0.6) is 0 Å². The second-order valence-electron chi connectivity index (χ2n) is 4.92. The summed E-state index contributed by atoms with van der Waals surface area (Å²) in [6.07, 6.45) is 0.690. The third-order valence-electron chi connectivity index (χ3n) is 3.01. The Morgan fingerprint density at radius 3 is 2.30 bits per heavy atom. The number of esters is 1. The molecule has 1 aromatic rings. The topological polar surface area (TPSA) is 72.5 Å². The van der Waals surface area contributed by atoms with Gasteiger partial charge in [-0.1, -0.05) is 26.0 Å². The first-order valence-corrected chi connectivity index (χ1v) is 6.45. The Balaban J connectivity index is 2.46. The summed E-state index contributed by atoms with van der Waals surface area (Å²) in [6, 6.07) is 6.03. The predicted molar refractivity (Wildman–Crippen MR) is 74.6 cm³/mol. The highest BCUT2D eigenvalue weighted by atomic mass is 16.5. The zero-order valence-corrected chi connectivity index (χ0v) is 11.9. The van der Waals surface area contributed by atoms with Crippen molar-refractivity contribution >= 4 is 18.2 Å². The van der Waals surface area contributed by atoms with E-state index in [4.69, 9.17) is 4.74 Å². The normalized spacial score (nSPS) is 11.8. The van der Waals surface area contributed by atoms with E-state index in [-0.39, 0.29) is 18.6 Å². The Bertz CT molecular complexity index is 479. The van der Waals surface area contributed by atoms with Gasteiger partial charge in [0.2, 0.25) is 0 Å². The van der Waals surface area contributed by atoms with Crippen molar-refractivity contribution in [3.05, 3.63) is 35.4 Å². The smallest absolute Gasteiger partial charge is 0.338 e. The van der Waals surface area contributed by atoms with Gasteiger partial charge in [-0.15, -0.1) is 0 Å². The molecule has 0 heterocycles. The molecule has 0 radical (unpaired) electrons. The predicted octanol–water partition coefficient (Wildman–Crippen LogP) is 1.82. The van der Waals surface area contributed by atoms with Crippen molar-refractivity contribution in [1.82, 2.24) is 5.32 Å². The molecule has 1 rings (SSSR count). The average molecular weight is 277 g/mol. The molecule has 0 aliphatic carbocycles. The number of carbonyl (C=O) groups is 3. The molecule has 0 saturated heterocycles. The molecule has 5 heteroatoms. The van der Waals surface area contributed by atoms with Gasteiger partial charge < -0.3 is 10.1 Å². The fourth-order valence-corrected chi connectivity index (χ4v) is 1.37. The number of aldehydes is 1. The lowest BCUT2D eigenvalue weighted by Crippen LogP contribution is -2.38. The lowest BCUT2D eigenvalue weighted by atomic mass is 10.1. The van der Waals surface area contributed by atoms with E-state index in [1.807, 2.05) is 20.8 Å². The van der Waals surface area contributed by atoms with Crippen LogP contribution in [0.25, 0.3) is 0 Å². The van der Waals surface area contributed by atoms with E-state index in [1.165, 1.54) is 24.3 Å². The molecule has 1 N–H and O–H groups in total. The first-order valence-electron chi connectivity index (χ1n) is 6.45. The Kier molecular flexibility index (Phi) is 5.90. The van der Waals surface area contributed by atoms with Gasteiger partial charge in [-0.2, -0.15) is 0 Å². The summed E-state index contributed by atoms with van der Waals surface area (Å²) in [5.41, 5.74) is 0.783. The third kappa shape index (κ3) is 4.84. The first-order chi connectivity index (χ1) is 9.43. The summed E-state index contributed by atoms with van der Waals surface area (Å²) < 4.78 is 4.90. The van der Waals surface area contributed by atoms with Crippen molar-refractivity contribution in [2.45, 2.75) is 26.8 Å². The van der Waals surface area contributed by atoms with Crippen LogP contribution in [0.3, 0.4) is 0 Å². The van der Waals surface area contributed by atoms with Crippen molar-refractivity contribution in [2.75, 3.05) is 6.61 Å². The van der Waals surface area contributed by atoms with Crippen molar-refractivity contribution in [2.24, 2.45) is 5.92 Å². The number of hydrogen-bond acceptors (Lipinski definition) is 4. The van der Waals surface area contributed by atoms with E-state index in [1.54, 1.807) is 0 Å². The maximum Gasteiger partial charge on any atom is 0.338 e. The van der Waals surface area contributed by atoms with E-state index in [0.717, 1.165) is 0 Å². The number of ether oxygens (including phenoxy) is 1. The molecule has 108 valence electrons. The van der Waals surface area contributed by atoms with Crippen LogP contribution in [0.15, 0.2) is 24.3 Å². The average Bonchev–Trinajstić information content (AvgIpc) is 2.44. The lowest BCUT2D eigenvalue weighted by molar-refractivity contribution is -0.125. The molecule has 1 amide bonds. The molecule has 0 spiro atoms. The van der Waals surface area contributed by atoms with E-state index in [0.29, 0.717) is 23.3 Å². The van der Waals surface area contributed by atoms with Gasteiger partial charge in [0.1, 0.15) is 6.29 Å². The fraction of sp³-hybridized carbons (Fsp3) is 0.400. The van der Waals surface area contributed by atoms with Crippen LogP contribution >= 0.6 is 0 Å². The van der Waals surface area contributed by atoms with Gasteiger partial charge in [-0.3, -0.25) is 9.59 Å². The van der Waals surface area contributed by atoms with E-state index >= 15 is 0 Å². The van der Waals surface area contributed by atoms with Gasteiger partial charge in [0, 0.05) is 11.6 Å². The maximum atomic E-state index is 11.7. The van der Waals surface area contributed by atoms with Crippen molar-refractivity contribution in [3.8, 4) is 0 Å². The minimum atomic E-state index is -0.588. The number of rotatable bonds is 6. The van der Waals surface area contributed by atoms with Gasteiger partial charge >= 0.3 is 5.97 Å². The van der Waals surface area contributed by atoms with Gasteiger partial charge in [0.05, 0.1) is 5.56 Å². The second kappa shape index (κ2) is 7.43. The van der Waals surface area contributed by atoms with E-state index in [2.05, 4.69) is 5.32 Å². The minimum Gasteiger partial charge on any atom is -0.452 e. The van der Waals surface area contributed by atoms with E-state index in [9.17, 15) is 14.4 Å². The van der Waals surface area contributed by atoms with Crippen LogP contribution < -0.4 is 5.32 Å². The van der Waals surface area contributed by atoms with Crippen molar-refractivity contribution in [3.63, 3.8) is 0 Å². The molecule has 0 bridgehead atoms. The number of amides is 1. The van der Waals surface area contributed by atoms with Crippen LogP contribution in [0, 0.1) is 5.92 Å². The highest BCUT2D eigenvalue weighted by Crippen LogP contribution is 2.04. The summed E-state index contributed by atoms with van der Waals surface area (Å²) >= 11 is 0. The molecule has 20 heavy (non-hydrogen) atoms. The zero-order valence-electron chi connectivity index (χ0n) is 11.9. The molecule has 0 unspecified atom stereocenters. The quantitative estimate of drug-likeness (QED) is 0.636. The highest BCUT2D eigenvalue weighted by Gasteiger charge is 2.13. The number of carbonyl (C=O) groups excluding carboxylic acids is 3. The maximum absolute atomic E-state index is 11.7. The summed E-state index contributed by atoms with van der Waals surface area (Å²) in [5, 5.41) is 2.74. The summed E-state index contributed by atoms with van der Waals surface area (Å²) in [6.45, 7) is 5.56. The Morgan fingerprint density at radius 1 is 1.20 bits per heavy atom. The third-order valence-corrected chi connectivity index (χ3v) is 3.01. The summed E-state index contributed by atoms with van der Waals surface area (Å²) in [4.78, 5) is 33.7. The molecule has 1 aromatic carbocycles. The van der Waals surface area contributed by atoms with Crippen molar-refractivity contribution in [1.29, 1.82) is 0 Å². The van der Waals surface area contributed by atoms with Crippen LogP contribution in [-0.2, 0) is 9.53 Å². The fourth-order valence-electron chi connectivity index (χ4n) is 1.37. The molecule has 5 nitrogen and oxygen atoms in total. The molecular formula is C15H19NO4. The molecule has 0 aliphatic heterocycles. The van der Waals surface area contributed by atoms with Crippen LogP contribution in [0.4, 0.5) is 0 Å². The van der Waals surface area contributed by atoms with Gasteiger partial charge in [-0.05, 0) is 25.0 Å². The lowest BCUT2D eigenvalue weighted by Gasteiger charge is -2.17. The second-order valence-corrected chi connectivity index (χ2v) is 4.92. The largest absolute Gasteiger partial charge is 0.452 e. The first kappa shape index (κ1) is 15.9. The molecular weight excluding hydrogens is 258 g/mol.